The summed E-state index contributed by atoms with van der Waals surface area (Å²) in [5.41, 5.74) is 0.222. The molecule has 6 heteroatoms. The van der Waals surface area contributed by atoms with Crippen LogP contribution in [0.3, 0.4) is 0 Å². The molecular weight excluding hydrogens is 314 g/mol. The average Bonchev–Trinajstić information content (AvgIpc) is 2.58. The quantitative estimate of drug-likeness (QED) is 0.845. The van der Waals surface area contributed by atoms with Crippen LogP contribution in [0.2, 0.25) is 0 Å². The number of nitrogens with zero attached hydrogens (tertiary/aromatic N) is 1. The molecular formula is C18H20F2N2O2. The molecule has 0 heterocycles. The van der Waals surface area contributed by atoms with Gasteiger partial charge in [0.15, 0.2) is 11.6 Å². The van der Waals surface area contributed by atoms with Crippen molar-refractivity contribution in [1.82, 2.24) is 4.90 Å². The molecule has 0 bridgehead atoms. The summed E-state index contributed by atoms with van der Waals surface area (Å²) < 4.78 is 31.6. The van der Waals surface area contributed by atoms with Gasteiger partial charge in [0.1, 0.15) is 12.4 Å². The molecule has 0 aliphatic heterocycles. The zero-order chi connectivity index (χ0) is 17.5. The smallest absolute Gasteiger partial charge is 0.241 e. The molecule has 0 spiro atoms. The highest BCUT2D eigenvalue weighted by Gasteiger charge is 2.18. The van der Waals surface area contributed by atoms with Gasteiger partial charge < -0.3 is 10.1 Å². The molecule has 1 unspecified atom stereocenters. The Morgan fingerprint density at radius 3 is 2.54 bits per heavy atom. The summed E-state index contributed by atoms with van der Waals surface area (Å²) in [6.07, 6.45) is 0. The molecule has 0 fully saturated rings. The summed E-state index contributed by atoms with van der Waals surface area (Å²) in [4.78, 5) is 14.0. The summed E-state index contributed by atoms with van der Waals surface area (Å²) in [7, 11) is 1.80. The second-order valence-electron chi connectivity index (χ2n) is 5.44. The molecule has 4 nitrogen and oxygen atoms in total. The first kappa shape index (κ1) is 17.9. The number of benzene rings is 2. The van der Waals surface area contributed by atoms with Crippen LogP contribution in [0.1, 0.15) is 6.92 Å². The number of amides is 1. The van der Waals surface area contributed by atoms with Crippen LogP contribution in [0, 0.1) is 11.6 Å². The molecule has 1 N–H and O–H groups in total. The third kappa shape index (κ3) is 5.03. The van der Waals surface area contributed by atoms with E-state index in [1.54, 1.807) is 14.0 Å². The Labute approximate surface area is 140 Å². The van der Waals surface area contributed by atoms with E-state index < -0.39 is 17.7 Å². The van der Waals surface area contributed by atoms with Crippen LogP contribution in [0.4, 0.5) is 14.5 Å². The van der Waals surface area contributed by atoms with Crippen molar-refractivity contribution >= 4 is 11.6 Å². The van der Waals surface area contributed by atoms with E-state index >= 15 is 0 Å². The van der Waals surface area contributed by atoms with Crippen LogP contribution < -0.4 is 10.1 Å². The van der Waals surface area contributed by atoms with Crippen molar-refractivity contribution in [3.8, 4) is 5.75 Å². The number of halogens is 2. The van der Waals surface area contributed by atoms with E-state index in [0.29, 0.717) is 13.2 Å². The zero-order valence-corrected chi connectivity index (χ0v) is 13.6. The van der Waals surface area contributed by atoms with Gasteiger partial charge in [-0.15, -0.1) is 0 Å². The molecule has 2 aromatic rings. The largest absolute Gasteiger partial charge is 0.492 e. The fourth-order valence-electron chi connectivity index (χ4n) is 2.04. The number of ether oxygens (including phenoxy) is 1. The number of hydrogen-bond donors (Lipinski definition) is 1. The third-order valence-corrected chi connectivity index (χ3v) is 3.68. The van der Waals surface area contributed by atoms with Gasteiger partial charge in [0.25, 0.3) is 0 Å². The fraction of sp³-hybridized carbons (Fsp3) is 0.278. The molecule has 0 aliphatic rings. The van der Waals surface area contributed by atoms with Crippen LogP contribution in [-0.2, 0) is 4.79 Å². The van der Waals surface area contributed by atoms with Gasteiger partial charge in [-0.1, -0.05) is 18.2 Å². The summed E-state index contributed by atoms with van der Waals surface area (Å²) in [5, 5.41) is 2.57. The minimum absolute atomic E-state index is 0.222. The SMILES string of the molecule is CC(C(=O)Nc1ccc(F)c(F)c1)N(C)CCOc1ccccc1. The molecule has 128 valence electrons. The first-order valence-electron chi connectivity index (χ1n) is 7.61. The zero-order valence-electron chi connectivity index (χ0n) is 13.6. The normalized spacial score (nSPS) is 12.0. The van der Waals surface area contributed by atoms with Crippen molar-refractivity contribution in [1.29, 1.82) is 0 Å². The molecule has 0 saturated carbocycles. The van der Waals surface area contributed by atoms with Crippen molar-refractivity contribution in [3.05, 3.63) is 60.2 Å². The molecule has 0 aromatic heterocycles. The van der Waals surface area contributed by atoms with E-state index in [1.807, 2.05) is 35.2 Å². The first-order valence-corrected chi connectivity index (χ1v) is 7.61. The lowest BCUT2D eigenvalue weighted by Gasteiger charge is -2.23. The molecule has 0 saturated heterocycles. The third-order valence-electron chi connectivity index (χ3n) is 3.68. The standard InChI is InChI=1S/C18H20F2N2O2/c1-13(18(23)21-14-8-9-16(19)17(20)12-14)22(2)10-11-24-15-6-4-3-5-7-15/h3-9,12-13H,10-11H2,1-2H3,(H,21,23). The van der Waals surface area contributed by atoms with Gasteiger partial charge in [-0.25, -0.2) is 8.78 Å². The Balaban J connectivity index is 1.81. The lowest BCUT2D eigenvalue weighted by Crippen LogP contribution is -2.41. The number of nitrogens with one attached hydrogen (secondary N) is 1. The highest BCUT2D eigenvalue weighted by molar-refractivity contribution is 5.94. The number of rotatable bonds is 7. The maximum Gasteiger partial charge on any atom is 0.241 e. The number of likely N-dealkylation sites (N-methyl/N-ethyl adjacent to an activating group) is 1. The number of para-hydroxylation sites is 1. The van der Waals surface area contributed by atoms with Gasteiger partial charge >= 0.3 is 0 Å². The summed E-state index contributed by atoms with van der Waals surface area (Å²) >= 11 is 0. The monoisotopic (exact) mass is 334 g/mol. The summed E-state index contributed by atoms with van der Waals surface area (Å²) in [6, 6.07) is 12.2. The minimum atomic E-state index is -0.995. The van der Waals surface area contributed by atoms with Crippen molar-refractivity contribution in [3.63, 3.8) is 0 Å². The maximum atomic E-state index is 13.2. The first-order chi connectivity index (χ1) is 11.5. The van der Waals surface area contributed by atoms with Crippen LogP contribution >= 0.6 is 0 Å². The Kier molecular flexibility index (Phi) is 6.26. The van der Waals surface area contributed by atoms with E-state index in [0.717, 1.165) is 17.9 Å². The van der Waals surface area contributed by atoms with Crippen molar-refractivity contribution in [2.24, 2.45) is 0 Å². The van der Waals surface area contributed by atoms with E-state index in [2.05, 4.69) is 5.32 Å². The number of anilines is 1. The Bertz CT molecular complexity index is 680. The van der Waals surface area contributed by atoms with Gasteiger partial charge in [0.2, 0.25) is 5.91 Å². The average molecular weight is 334 g/mol. The molecule has 2 aromatic carbocycles. The number of carbonyl (C=O) groups is 1. The highest BCUT2D eigenvalue weighted by Crippen LogP contribution is 2.14. The van der Waals surface area contributed by atoms with Gasteiger partial charge in [-0.05, 0) is 38.2 Å². The second-order valence-corrected chi connectivity index (χ2v) is 5.44. The topological polar surface area (TPSA) is 41.6 Å². The number of carbonyl (C=O) groups excluding carboxylic acids is 1. The van der Waals surface area contributed by atoms with Crippen molar-refractivity contribution in [2.75, 3.05) is 25.5 Å². The van der Waals surface area contributed by atoms with Gasteiger partial charge in [-0.3, -0.25) is 9.69 Å². The van der Waals surface area contributed by atoms with Crippen LogP contribution in [-0.4, -0.2) is 37.0 Å². The Morgan fingerprint density at radius 1 is 1.17 bits per heavy atom. The molecule has 2 rings (SSSR count). The van der Waals surface area contributed by atoms with Crippen molar-refractivity contribution < 1.29 is 18.3 Å². The summed E-state index contributed by atoms with van der Waals surface area (Å²) in [5.74, 6) is -1.48. The van der Waals surface area contributed by atoms with Crippen LogP contribution in [0.15, 0.2) is 48.5 Å². The predicted octanol–water partition coefficient (Wildman–Crippen LogP) is 3.30. The number of hydrogen-bond acceptors (Lipinski definition) is 3. The molecule has 24 heavy (non-hydrogen) atoms. The lowest BCUT2D eigenvalue weighted by atomic mass is 10.2. The molecule has 0 radical (unpaired) electrons. The minimum Gasteiger partial charge on any atom is -0.492 e. The van der Waals surface area contributed by atoms with Gasteiger partial charge in [-0.2, -0.15) is 0 Å². The van der Waals surface area contributed by atoms with Gasteiger partial charge in [0, 0.05) is 18.3 Å². The van der Waals surface area contributed by atoms with E-state index in [9.17, 15) is 13.6 Å². The lowest BCUT2D eigenvalue weighted by molar-refractivity contribution is -0.120. The van der Waals surface area contributed by atoms with Crippen LogP contribution in [0.5, 0.6) is 5.75 Å². The second kappa shape index (κ2) is 8.40. The highest BCUT2D eigenvalue weighted by atomic mass is 19.2. The molecule has 1 amide bonds. The Morgan fingerprint density at radius 2 is 1.88 bits per heavy atom. The molecule has 0 aliphatic carbocycles. The van der Waals surface area contributed by atoms with Crippen LogP contribution in [0.25, 0.3) is 0 Å². The van der Waals surface area contributed by atoms with E-state index in [4.69, 9.17) is 4.74 Å². The summed E-state index contributed by atoms with van der Waals surface area (Å²) in [6.45, 7) is 2.71. The fourth-order valence-corrected chi connectivity index (χ4v) is 2.04. The molecule has 1 atom stereocenters. The predicted molar refractivity (Wildman–Crippen MR) is 89.0 cm³/mol. The van der Waals surface area contributed by atoms with E-state index in [-0.39, 0.29) is 11.6 Å². The van der Waals surface area contributed by atoms with E-state index in [1.165, 1.54) is 6.07 Å². The van der Waals surface area contributed by atoms with Crippen molar-refractivity contribution in [2.45, 2.75) is 13.0 Å². The Hall–Kier alpha value is -2.47. The van der Waals surface area contributed by atoms with Gasteiger partial charge in [0.05, 0.1) is 6.04 Å². The maximum absolute atomic E-state index is 13.2.